The van der Waals surface area contributed by atoms with Gasteiger partial charge in [-0.1, -0.05) is 0 Å². The Kier molecular flexibility index (Phi) is 6.62. The predicted molar refractivity (Wildman–Crippen MR) is 107 cm³/mol. The molecule has 0 atom stereocenters. The van der Waals surface area contributed by atoms with Gasteiger partial charge in [-0.3, -0.25) is 14.9 Å². The van der Waals surface area contributed by atoms with Gasteiger partial charge < -0.3 is 15.0 Å². The maximum Gasteiger partial charge on any atom is 0.337 e. The van der Waals surface area contributed by atoms with E-state index in [1.807, 2.05) is 0 Å². The van der Waals surface area contributed by atoms with Gasteiger partial charge in [-0.15, -0.1) is 0 Å². The van der Waals surface area contributed by atoms with Crippen molar-refractivity contribution in [3.63, 3.8) is 0 Å². The summed E-state index contributed by atoms with van der Waals surface area (Å²) in [6.45, 7) is 1.48. The molecule has 0 saturated heterocycles. The van der Waals surface area contributed by atoms with Gasteiger partial charge in [0.15, 0.2) is 5.11 Å². The molecule has 27 heavy (non-hydrogen) atoms. The van der Waals surface area contributed by atoms with Gasteiger partial charge in [0.05, 0.1) is 12.7 Å². The lowest BCUT2D eigenvalue weighted by Crippen LogP contribution is -2.34. The third-order valence-corrected chi connectivity index (χ3v) is 3.98. The highest BCUT2D eigenvalue weighted by Gasteiger charge is 2.11. The molecule has 2 N–H and O–H groups in total. The number of amides is 2. The molecular weight excluding hydrogens is 366 g/mol. The normalized spacial score (nSPS) is 9.89. The molecule has 2 amide bonds. The second-order valence-electron chi connectivity index (χ2n) is 5.60. The van der Waals surface area contributed by atoms with Crippen molar-refractivity contribution >= 4 is 46.5 Å². The number of thiocarbonyl (C=S) groups is 1. The first-order valence-electron chi connectivity index (χ1n) is 7.97. The first-order chi connectivity index (χ1) is 12.8. The van der Waals surface area contributed by atoms with Crippen LogP contribution in [0.5, 0.6) is 0 Å². The maximum atomic E-state index is 12.2. The summed E-state index contributed by atoms with van der Waals surface area (Å²) < 4.78 is 4.61. The molecule has 0 unspecified atom stereocenters. The van der Waals surface area contributed by atoms with E-state index >= 15 is 0 Å². The van der Waals surface area contributed by atoms with Crippen molar-refractivity contribution in [1.29, 1.82) is 0 Å². The SMILES string of the molecule is COC(=O)c1ccc(C(=O)NC(=S)Nc2ccc(N(C)C(C)=O)cc2)cc1. The van der Waals surface area contributed by atoms with Crippen molar-refractivity contribution in [2.45, 2.75) is 6.92 Å². The van der Waals surface area contributed by atoms with Crippen LogP contribution in [-0.2, 0) is 9.53 Å². The Hall–Kier alpha value is -3.26. The Labute approximate surface area is 162 Å². The first-order valence-corrected chi connectivity index (χ1v) is 8.37. The molecule has 0 aliphatic carbocycles. The van der Waals surface area contributed by atoms with Crippen LogP contribution < -0.4 is 15.5 Å². The van der Waals surface area contributed by atoms with Crippen LogP contribution in [0.4, 0.5) is 11.4 Å². The molecule has 2 rings (SSSR count). The van der Waals surface area contributed by atoms with Crippen LogP contribution in [-0.4, -0.2) is 37.1 Å². The highest BCUT2D eigenvalue weighted by atomic mass is 32.1. The van der Waals surface area contributed by atoms with E-state index in [-0.39, 0.29) is 11.0 Å². The number of carbonyl (C=O) groups is 3. The standard InChI is InChI=1S/C19H19N3O4S/c1-12(23)22(2)16-10-8-15(9-11-16)20-19(27)21-17(24)13-4-6-14(7-5-13)18(25)26-3/h4-11H,1-3H3,(H2,20,21,24,27). The number of ether oxygens (including phenoxy) is 1. The summed E-state index contributed by atoms with van der Waals surface area (Å²) in [5, 5.41) is 5.59. The van der Waals surface area contributed by atoms with Gasteiger partial charge in [-0.2, -0.15) is 0 Å². The highest BCUT2D eigenvalue weighted by Crippen LogP contribution is 2.17. The number of nitrogens with one attached hydrogen (secondary N) is 2. The average molecular weight is 385 g/mol. The van der Waals surface area contributed by atoms with Gasteiger partial charge in [-0.05, 0) is 60.7 Å². The van der Waals surface area contributed by atoms with Crippen LogP contribution in [0.1, 0.15) is 27.6 Å². The summed E-state index contributed by atoms with van der Waals surface area (Å²) in [4.78, 5) is 36.5. The number of methoxy groups -OCH3 is 1. The topological polar surface area (TPSA) is 87.7 Å². The van der Waals surface area contributed by atoms with Crippen LogP contribution in [0.2, 0.25) is 0 Å². The van der Waals surface area contributed by atoms with Crippen molar-refractivity contribution in [2.24, 2.45) is 0 Å². The fourth-order valence-electron chi connectivity index (χ4n) is 2.16. The van der Waals surface area contributed by atoms with E-state index in [1.54, 1.807) is 31.3 Å². The van der Waals surface area contributed by atoms with Crippen molar-refractivity contribution in [1.82, 2.24) is 5.32 Å². The van der Waals surface area contributed by atoms with Crippen LogP contribution in [0.25, 0.3) is 0 Å². The van der Waals surface area contributed by atoms with E-state index in [1.165, 1.54) is 43.2 Å². The van der Waals surface area contributed by atoms with E-state index in [9.17, 15) is 14.4 Å². The summed E-state index contributed by atoms with van der Waals surface area (Å²) in [6, 6.07) is 13.0. The molecule has 0 heterocycles. The van der Waals surface area contributed by atoms with Gasteiger partial charge in [0, 0.05) is 30.9 Å². The molecule has 2 aromatic rings. The van der Waals surface area contributed by atoms with E-state index in [2.05, 4.69) is 15.4 Å². The van der Waals surface area contributed by atoms with Crippen LogP contribution in [0, 0.1) is 0 Å². The first kappa shape index (κ1) is 20.1. The second-order valence-corrected chi connectivity index (χ2v) is 6.01. The molecule has 0 radical (unpaired) electrons. The van der Waals surface area contributed by atoms with Gasteiger partial charge >= 0.3 is 5.97 Å². The smallest absolute Gasteiger partial charge is 0.337 e. The van der Waals surface area contributed by atoms with Gasteiger partial charge in [0.25, 0.3) is 5.91 Å². The zero-order chi connectivity index (χ0) is 20.0. The Morgan fingerprint density at radius 1 is 0.963 bits per heavy atom. The number of anilines is 2. The number of esters is 1. The number of nitrogens with zero attached hydrogens (tertiary/aromatic N) is 1. The summed E-state index contributed by atoms with van der Waals surface area (Å²) in [7, 11) is 2.97. The number of hydrogen-bond acceptors (Lipinski definition) is 5. The van der Waals surface area contributed by atoms with Crippen LogP contribution in [0.15, 0.2) is 48.5 Å². The minimum atomic E-state index is -0.474. The summed E-state index contributed by atoms with van der Waals surface area (Å²) in [5.74, 6) is -0.952. The zero-order valence-electron chi connectivity index (χ0n) is 15.1. The third-order valence-electron chi connectivity index (χ3n) is 3.78. The summed E-state index contributed by atoms with van der Waals surface area (Å²) >= 11 is 5.14. The van der Waals surface area contributed by atoms with E-state index in [0.29, 0.717) is 16.8 Å². The van der Waals surface area contributed by atoms with Gasteiger partial charge in [-0.25, -0.2) is 4.79 Å². The lowest BCUT2D eigenvalue weighted by Gasteiger charge is -2.16. The molecule has 7 nitrogen and oxygen atoms in total. The summed E-state index contributed by atoms with van der Waals surface area (Å²) in [5.41, 5.74) is 2.12. The molecule has 0 saturated carbocycles. The molecule has 8 heteroatoms. The van der Waals surface area contributed by atoms with Crippen molar-refractivity contribution < 1.29 is 19.1 Å². The third kappa shape index (κ3) is 5.35. The number of rotatable bonds is 4. The monoisotopic (exact) mass is 385 g/mol. The largest absolute Gasteiger partial charge is 0.465 e. The molecule has 0 spiro atoms. The molecule has 140 valence electrons. The van der Waals surface area contributed by atoms with Crippen molar-refractivity contribution in [3.8, 4) is 0 Å². The zero-order valence-corrected chi connectivity index (χ0v) is 15.9. The minimum absolute atomic E-state index is 0.0725. The molecule has 0 aliphatic rings. The Bertz CT molecular complexity index is 864. The van der Waals surface area contributed by atoms with Gasteiger partial charge in [0.2, 0.25) is 5.91 Å². The second kappa shape index (κ2) is 8.91. The Morgan fingerprint density at radius 3 is 2.04 bits per heavy atom. The molecule has 0 aromatic heterocycles. The summed E-state index contributed by atoms with van der Waals surface area (Å²) in [6.07, 6.45) is 0. The maximum absolute atomic E-state index is 12.2. The van der Waals surface area contributed by atoms with Crippen LogP contribution >= 0.6 is 12.2 Å². The number of carbonyl (C=O) groups excluding carboxylic acids is 3. The lowest BCUT2D eigenvalue weighted by atomic mass is 10.1. The Morgan fingerprint density at radius 2 is 1.52 bits per heavy atom. The molecule has 0 aliphatic heterocycles. The number of benzene rings is 2. The molecule has 0 fully saturated rings. The fraction of sp³-hybridized carbons (Fsp3) is 0.158. The highest BCUT2D eigenvalue weighted by molar-refractivity contribution is 7.80. The predicted octanol–water partition coefficient (Wildman–Crippen LogP) is 2.58. The van der Waals surface area contributed by atoms with E-state index in [0.717, 1.165) is 5.69 Å². The van der Waals surface area contributed by atoms with Crippen molar-refractivity contribution in [2.75, 3.05) is 24.4 Å². The minimum Gasteiger partial charge on any atom is -0.465 e. The molecule has 2 aromatic carbocycles. The van der Waals surface area contributed by atoms with Gasteiger partial charge in [0.1, 0.15) is 0 Å². The van der Waals surface area contributed by atoms with Crippen LogP contribution in [0.3, 0.4) is 0 Å². The average Bonchev–Trinajstić information content (AvgIpc) is 2.67. The molecular formula is C19H19N3O4S. The fourth-order valence-corrected chi connectivity index (χ4v) is 2.37. The number of hydrogen-bond donors (Lipinski definition) is 2. The quantitative estimate of drug-likeness (QED) is 0.621. The van der Waals surface area contributed by atoms with E-state index in [4.69, 9.17) is 12.2 Å². The van der Waals surface area contributed by atoms with E-state index < -0.39 is 11.9 Å². The van der Waals surface area contributed by atoms with Crippen molar-refractivity contribution in [3.05, 3.63) is 59.7 Å². The Balaban J connectivity index is 1.96. The molecule has 0 bridgehead atoms. The lowest BCUT2D eigenvalue weighted by molar-refractivity contribution is -0.116.